The fourth-order valence-corrected chi connectivity index (χ4v) is 5.23. The highest BCUT2D eigenvalue weighted by Gasteiger charge is 2.30. The molecular formula is C29H34FN3O4S. The number of amides is 2. The number of para-hydroxylation sites is 1. The summed E-state index contributed by atoms with van der Waals surface area (Å²) in [5.41, 5.74) is 1.72. The molecule has 0 radical (unpaired) electrons. The minimum absolute atomic E-state index is 0.0159. The standard InChI is InChI=1S/C29H34FN3O4S/c1-3-31-29(35)27(21-23-13-6-4-7-14-23)32(22-24-15-8-5-9-16-24)28(34)19-12-20-33(38(2,36)37)26-18-11-10-17-25(26)30/h4-11,13-18,27H,3,12,19-22H2,1-2H3,(H,31,35)/t27-/m0/s1. The molecule has 0 spiro atoms. The molecular weight excluding hydrogens is 505 g/mol. The Kier molecular flexibility index (Phi) is 10.4. The first kappa shape index (κ1) is 28.8. The third-order valence-electron chi connectivity index (χ3n) is 6.09. The Labute approximate surface area is 224 Å². The molecule has 3 aromatic rings. The Morgan fingerprint density at radius 3 is 2.05 bits per heavy atom. The van der Waals surface area contributed by atoms with Crippen LogP contribution in [0.1, 0.15) is 30.9 Å². The topological polar surface area (TPSA) is 86.8 Å². The van der Waals surface area contributed by atoms with Crippen LogP contribution in [0.15, 0.2) is 84.9 Å². The van der Waals surface area contributed by atoms with Gasteiger partial charge >= 0.3 is 0 Å². The second kappa shape index (κ2) is 13.7. The molecule has 0 aliphatic heterocycles. The zero-order valence-electron chi connectivity index (χ0n) is 21.7. The van der Waals surface area contributed by atoms with Crippen molar-refractivity contribution >= 4 is 27.5 Å². The van der Waals surface area contributed by atoms with Crippen LogP contribution in [0.4, 0.5) is 10.1 Å². The van der Waals surface area contributed by atoms with Crippen LogP contribution < -0.4 is 9.62 Å². The van der Waals surface area contributed by atoms with Gasteiger partial charge < -0.3 is 10.2 Å². The van der Waals surface area contributed by atoms with Crippen LogP contribution in [-0.4, -0.2) is 50.5 Å². The summed E-state index contributed by atoms with van der Waals surface area (Å²) in [4.78, 5) is 28.4. The molecule has 0 aromatic heterocycles. The number of nitrogens with one attached hydrogen (secondary N) is 1. The van der Waals surface area contributed by atoms with Gasteiger partial charge in [0.15, 0.2) is 0 Å². The van der Waals surface area contributed by atoms with E-state index in [1.807, 2.05) is 67.6 Å². The fraction of sp³-hybridized carbons (Fsp3) is 0.310. The summed E-state index contributed by atoms with van der Waals surface area (Å²) < 4.78 is 40.2. The van der Waals surface area contributed by atoms with Gasteiger partial charge in [-0.25, -0.2) is 12.8 Å². The van der Waals surface area contributed by atoms with Gasteiger partial charge in [-0.1, -0.05) is 72.8 Å². The number of nitrogens with zero attached hydrogens (tertiary/aromatic N) is 2. The second-order valence-corrected chi connectivity index (χ2v) is 10.9. The van der Waals surface area contributed by atoms with Crippen molar-refractivity contribution in [3.8, 4) is 0 Å². The molecule has 0 unspecified atom stereocenters. The summed E-state index contributed by atoms with van der Waals surface area (Å²) >= 11 is 0. The summed E-state index contributed by atoms with van der Waals surface area (Å²) in [6.07, 6.45) is 1.47. The van der Waals surface area contributed by atoms with Gasteiger partial charge in [-0.2, -0.15) is 0 Å². The van der Waals surface area contributed by atoms with E-state index in [-0.39, 0.29) is 43.4 Å². The highest BCUT2D eigenvalue weighted by molar-refractivity contribution is 7.92. The first-order chi connectivity index (χ1) is 18.2. The molecule has 0 aliphatic rings. The van der Waals surface area contributed by atoms with E-state index in [1.165, 1.54) is 18.2 Å². The van der Waals surface area contributed by atoms with E-state index in [2.05, 4.69) is 5.32 Å². The molecule has 0 bridgehead atoms. The van der Waals surface area contributed by atoms with Gasteiger partial charge in [-0.05, 0) is 36.6 Å². The highest BCUT2D eigenvalue weighted by Crippen LogP contribution is 2.22. The van der Waals surface area contributed by atoms with Crippen molar-refractivity contribution in [1.82, 2.24) is 10.2 Å². The number of likely N-dealkylation sites (N-methyl/N-ethyl adjacent to an activating group) is 1. The number of hydrogen-bond donors (Lipinski definition) is 1. The number of benzene rings is 3. The van der Waals surface area contributed by atoms with Crippen LogP contribution in [0, 0.1) is 5.82 Å². The number of halogens is 1. The molecule has 1 atom stereocenters. The van der Waals surface area contributed by atoms with Gasteiger partial charge in [0.05, 0.1) is 11.9 Å². The third kappa shape index (κ3) is 8.14. The average molecular weight is 540 g/mol. The van der Waals surface area contributed by atoms with Crippen LogP contribution in [0.5, 0.6) is 0 Å². The predicted octanol–water partition coefficient (Wildman–Crippen LogP) is 4.15. The first-order valence-electron chi connectivity index (χ1n) is 12.6. The van der Waals surface area contributed by atoms with Crippen molar-refractivity contribution in [3.63, 3.8) is 0 Å². The molecule has 9 heteroatoms. The van der Waals surface area contributed by atoms with E-state index in [4.69, 9.17) is 0 Å². The van der Waals surface area contributed by atoms with Gasteiger partial charge in [-0.3, -0.25) is 13.9 Å². The van der Waals surface area contributed by atoms with E-state index in [1.54, 1.807) is 11.0 Å². The molecule has 0 saturated carbocycles. The lowest BCUT2D eigenvalue weighted by Gasteiger charge is -2.32. The number of hydrogen-bond acceptors (Lipinski definition) is 4. The molecule has 202 valence electrons. The molecule has 0 aliphatic carbocycles. The summed E-state index contributed by atoms with van der Waals surface area (Å²) in [5.74, 6) is -1.21. The first-order valence-corrected chi connectivity index (χ1v) is 14.4. The van der Waals surface area contributed by atoms with Gasteiger partial charge in [0, 0.05) is 32.5 Å². The van der Waals surface area contributed by atoms with Crippen LogP contribution in [0.25, 0.3) is 0 Å². The lowest BCUT2D eigenvalue weighted by molar-refractivity contribution is -0.141. The van der Waals surface area contributed by atoms with E-state index in [0.29, 0.717) is 13.0 Å². The maximum Gasteiger partial charge on any atom is 0.243 e. The Hall–Kier alpha value is -3.72. The maximum absolute atomic E-state index is 14.4. The Balaban J connectivity index is 1.84. The quantitative estimate of drug-likeness (QED) is 0.354. The molecule has 0 fully saturated rings. The summed E-state index contributed by atoms with van der Waals surface area (Å²) in [6.45, 7) is 2.39. The smallest absolute Gasteiger partial charge is 0.243 e. The zero-order chi connectivity index (χ0) is 27.5. The molecule has 1 N–H and O–H groups in total. The number of carbonyl (C=O) groups is 2. The lowest BCUT2D eigenvalue weighted by atomic mass is 10.0. The third-order valence-corrected chi connectivity index (χ3v) is 7.27. The summed E-state index contributed by atoms with van der Waals surface area (Å²) in [5, 5.41) is 2.85. The normalized spacial score (nSPS) is 12.0. The minimum atomic E-state index is -3.78. The van der Waals surface area contributed by atoms with E-state index >= 15 is 0 Å². The monoisotopic (exact) mass is 539 g/mol. The number of rotatable bonds is 13. The number of sulfonamides is 1. The van der Waals surface area contributed by atoms with Crippen molar-refractivity contribution in [2.24, 2.45) is 0 Å². The highest BCUT2D eigenvalue weighted by atomic mass is 32.2. The molecule has 3 rings (SSSR count). The van der Waals surface area contributed by atoms with E-state index < -0.39 is 21.9 Å². The van der Waals surface area contributed by atoms with Crippen LogP contribution in [0.3, 0.4) is 0 Å². The van der Waals surface area contributed by atoms with Crippen LogP contribution in [-0.2, 0) is 32.6 Å². The fourth-order valence-electron chi connectivity index (χ4n) is 4.26. The Bertz CT molecular complexity index is 1300. The molecule has 0 heterocycles. The van der Waals surface area contributed by atoms with Crippen molar-refractivity contribution in [3.05, 3.63) is 102 Å². The van der Waals surface area contributed by atoms with E-state index in [0.717, 1.165) is 21.7 Å². The van der Waals surface area contributed by atoms with Gasteiger partial charge in [0.1, 0.15) is 11.9 Å². The number of carbonyl (C=O) groups excluding carboxylic acids is 2. The average Bonchev–Trinajstić information content (AvgIpc) is 2.90. The van der Waals surface area contributed by atoms with Crippen LogP contribution in [0.2, 0.25) is 0 Å². The van der Waals surface area contributed by atoms with E-state index in [9.17, 15) is 22.4 Å². The van der Waals surface area contributed by atoms with Gasteiger partial charge in [-0.15, -0.1) is 0 Å². The Morgan fingerprint density at radius 1 is 0.895 bits per heavy atom. The van der Waals surface area contributed by atoms with Crippen molar-refractivity contribution in [2.75, 3.05) is 23.7 Å². The lowest BCUT2D eigenvalue weighted by Crippen LogP contribution is -2.50. The summed E-state index contributed by atoms with van der Waals surface area (Å²) in [7, 11) is -3.78. The predicted molar refractivity (Wildman–Crippen MR) is 147 cm³/mol. The molecule has 3 aromatic carbocycles. The Morgan fingerprint density at radius 2 is 1.47 bits per heavy atom. The minimum Gasteiger partial charge on any atom is -0.355 e. The molecule has 2 amide bonds. The molecule has 0 saturated heterocycles. The SMILES string of the molecule is CCNC(=O)[C@H](Cc1ccccc1)N(Cc1ccccc1)C(=O)CCCN(c1ccccc1F)S(C)(=O)=O. The molecule has 7 nitrogen and oxygen atoms in total. The second-order valence-electron chi connectivity index (χ2n) is 9.00. The van der Waals surface area contributed by atoms with Gasteiger partial charge in [0.2, 0.25) is 21.8 Å². The van der Waals surface area contributed by atoms with Crippen molar-refractivity contribution < 1.29 is 22.4 Å². The largest absolute Gasteiger partial charge is 0.355 e. The zero-order valence-corrected chi connectivity index (χ0v) is 22.5. The molecule has 38 heavy (non-hydrogen) atoms. The number of anilines is 1. The van der Waals surface area contributed by atoms with Crippen LogP contribution >= 0.6 is 0 Å². The van der Waals surface area contributed by atoms with Gasteiger partial charge in [0.25, 0.3) is 0 Å². The summed E-state index contributed by atoms with van der Waals surface area (Å²) in [6, 6.07) is 23.8. The van der Waals surface area contributed by atoms with Crippen molar-refractivity contribution in [1.29, 1.82) is 0 Å². The van der Waals surface area contributed by atoms with Crippen molar-refractivity contribution in [2.45, 2.75) is 38.8 Å². The maximum atomic E-state index is 14.4.